The molecular weight excluding hydrogens is 286 g/mol. The van der Waals surface area contributed by atoms with Crippen LogP contribution in [0.3, 0.4) is 0 Å². The van der Waals surface area contributed by atoms with Gasteiger partial charge < -0.3 is 4.74 Å². The van der Waals surface area contributed by atoms with Gasteiger partial charge in [0, 0.05) is 0 Å². The van der Waals surface area contributed by atoms with Crippen LogP contribution in [0.5, 0.6) is 0 Å². The Labute approximate surface area is 129 Å². The molecule has 1 aromatic carbocycles. The predicted octanol–water partition coefficient (Wildman–Crippen LogP) is 3.04. The van der Waals surface area contributed by atoms with Crippen molar-refractivity contribution in [3.63, 3.8) is 0 Å². The summed E-state index contributed by atoms with van der Waals surface area (Å²) in [5.74, 6) is -0.411. The van der Waals surface area contributed by atoms with Gasteiger partial charge in [-0.2, -0.15) is 0 Å². The lowest BCUT2D eigenvalue weighted by atomic mass is 10.1. The summed E-state index contributed by atoms with van der Waals surface area (Å²) in [6, 6.07) is 6.83. The van der Waals surface area contributed by atoms with Crippen molar-refractivity contribution < 1.29 is 13.7 Å². The van der Waals surface area contributed by atoms with Gasteiger partial charge in [0.1, 0.15) is 6.04 Å². The van der Waals surface area contributed by atoms with Crippen LogP contribution < -0.4 is 4.72 Å². The molecule has 0 aliphatic rings. The monoisotopic (exact) mass is 311 g/mol. The van der Waals surface area contributed by atoms with Crippen molar-refractivity contribution in [3.05, 3.63) is 35.4 Å². The van der Waals surface area contributed by atoms with Gasteiger partial charge in [-0.1, -0.05) is 29.8 Å². The first-order chi connectivity index (χ1) is 9.61. The number of carbonyl (C=O) groups excluding carboxylic acids is 1. The molecule has 0 saturated carbocycles. The Bertz CT molecular complexity index is 503. The molecule has 118 valence electrons. The van der Waals surface area contributed by atoms with Gasteiger partial charge in [-0.3, -0.25) is 0 Å². The van der Waals surface area contributed by atoms with E-state index in [9.17, 15) is 9.00 Å². The lowest BCUT2D eigenvalue weighted by Crippen LogP contribution is -2.39. The molecule has 0 spiro atoms. The van der Waals surface area contributed by atoms with Crippen LogP contribution in [0.15, 0.2) is 24.3 Å². The SMILES string of the molecule is Cc1ccc([C@@H](NS(=O)C(C)(C)C)C(=O)OC(C)C)cc1. The highest BCUT2D eigenvalue weighted by molar-refractivity contribution is 7.84. The summed E-state index contributed by atoms with van der Waals surface area (Å²) in [7, 11) is -1.36. The predicted molar refractivity (Wildman–Crippen MR) is 86.2 cm³/mol. The van der Waals surface area contributed by atoms with E-state index < -0.39 is 27.7 Å². The second-order valence-corrected chi connectivity index (χ2v) is 8.33. The Balaban J connectivity index is 3.02. The fourth-order valence-corrected chi connectivity index (χ4v) is 2.40. The minimum atomic E-state index is -1.36. The Morgan fingerprint density at radius 1 is 1.19 bits per heavy atom. The maximum Gasteiger partial charge on any atom is 0.328 e. The van der Waals surface area contributed by atoms with E-state index in [1.165, 1.54) is 0 Å². The van der Waals surface area contributed by atoms with Gasteiger partial charge in [0.25, 0.3) is 0 Å². The van der Waals surface area contributed by atoms with E-state index in [1.54, 1.807) is 13.8 Å². The summed E-state index contributed by atoms with van der Waals surface area (Å²) in [5, 5.41) is 0. The molecule has 0 bridgehead atoms. The number of hydrogen-bond donors (Lipinski definition) is 1. The van der Waals surface area contributed by atoms with Crippen molar-refractivity contribution in [3.8, 4) is 0 Å². The zero-order valence-corrected chi connectivity index (χ0v) is 14.4. The molecule has 4 nitrogen and oxygen atoms in total. The largest absolute Gasteiger partial charge is 0.462 e. The fraction of sp³-hybridized carbons (Fsp3) is 0.562. The smallest absolute Gasteiger partial charge is 0.328 e. The minimum absolute atomic E-state index is 0.213. The standard InChI is InChI=1S/C16H25NO3S/c1-11(2)20-15(18)14(17-21(19)16(4,5)6)13-9-7-12(3)8-10-13/h7-11,14,17H,1-6H3/t14-,21?/m1/s1. The van der Waals surface area contributed by atoms with Crippen molar-refractivity contribution in [1.82, 2.24) is 4.72 Å². The molecule has 1 aromatic rings. The molecule has 0 aliphatic carbocycles. The van der Waals surface area contributed by atoms with Crippen LogP contribution in [-0.4, -0.2) is 21.0 Å². The van der Waals surface area contributed by atoms with Crippen LogP contribution in [0.4, 0.5) is 0 Å². The van der Waals surface area contributed by atoms with Crippen LogP contribution in [0, 0.1) is 6.92 Å². The molecule has 1 unspecified atom stereocenters. The van der Waals surface area contributed by atoms with Gasteiger partial charge in [0.15, 0.2) is 0 Å². The number of rotatable bonds is 5. The minimum Gasteiger partial charge on any atom is -0.462 e. The first kappa shape index (κ1) is 17.9. The van der Waals surface area contributed by atoms with Crippen LogP contribution in [-0.2, 0) is 20.5 Å². The zero-order valence-electron chi connectivity index (χ0n) is 13.6. The Kier molecular flexibility index (Phi) is 6.10. The zero-order chi connectivity index (χ0) is 16.2. The Morgan fingerprint density at radius 2 is 1.71 bits per heavy atom. The third-order valence-electron chi connectivity index (χ3n) is 2.78. The molecule has 0 radical (unpaired) electrons. The van der Waals surface area contributed by atoms with E-state index in [-0.39, 0.29) is 6.10 Å². The third kappa shape index (κ3) is 5.59. The summed E-state index contributed by atoms with van der Waals surface area (Å²) in [5.41, 5.74) is 1.86. The average Bonchev–Trinajstić information content (AvgIpc) is 2.34. The van der Waals surface area contributed by atoms with Crippen molar-refractivity contribution >= 4 is 17.0 Å². The second kappa shape index (κ2) is 7.18. The molecule has 2 atom stereocenters. The lowest BCUT2D eigenvalue weighted by molar-refractivity contribution is -0.149. The van der Waals surface area contributed by atoms with Crippen molar-refractivity contribution in [2.75, 3.05) is 0 Å². The second-order valence-electron chi connectivity index (χ2n) is 6.33. The van der Waals surface area contributed by atoms with Gasteiger partial charge in [0.05, 0.1) is 21.8 Å². The van der Waals surface area contributed by atoms with E-state index in [1.807, 2.05) is 52.0 Å². The molecule has 0 saturated heterocycles. The molecule has 5 heteroatoms. The maximum absolute atomic E-state index is 12.3. The van der Waals surface area contributed by atoms with Crippen molar-refractivity contribution in [2.45, 2.75) is 58.4 Å². The van der Waals surface area contributed by atoms with Gasteiger partial charge in [0.2, 0.25) is 0 Å². The lowest BCUT2D eigenvalue weighted by Gasteiger charge is -2.24. The van der Waals surface area contributed by atoms with Gasteiger partial charge in [-0.25, -0.2) is 13.7 Å². The number of nitrogens with one attached hydrogen (secondary N) is 1. The van der Waals surface area contributed by atoms with E-state index in [0.717, 1.165) is 11.1 Å². The fourth-order valence-electron chi connectivity index (χ4n) is 1.60. The average molecular weight is 311 g/mol. The summed E-state index contributed by atoms with van der Waals surface area (Å²) >= 11 is 0. The molecule has 1 N–H and O–H groups in total. The van der Waals surface area contributed by atoms with Crippen LogP contribution in [0.1, 0.15) is 51.8 Å². The molecule has 0 fully saturated rings. The van der Waals surface area contributed by atoms with E-state index in [0.29, 0.717) is 0 Å². The van der Waals surface area contributed by atoms with Crippen molar-refractivity contribution in [1.29, 1.82) is 0 Å². The van der Waals surface area contributed by atoms with Crippen LogP contribution in [0.25, 0.3) is 0 Å². The quantitative estimate of drug-likeness (QED) is 0.850. The first-order valence-electron chi connectivity index (χ1n) is 7.06. The number of benzene rings is 1. The van der Waals surface area contributed by atoms with Crippen molar-refractivity contribution in [2.24, 2.45) is 0 Å². The molecular formula is C16H25NO3S. The molecule has 0 aromatic heterocycles. The Morgan fingerprint density at radius 3 is 2.14 bits per heavy atom. The van der Waals surface area contributed by atoms with Crippen LogP contribution >= 0.6 is 0 Å². The highest BCUT2D eigenvalue weighted by atomic mass is 32.2. The highest BCUT2D eigenvalue weighted by Crippen LogP contribution is 2.20. The van der Waals surface area contributed by atoms with Gasteiger partial charge >= 0.3 is 5.97 Å². The van der Waals surface area contributed by atoms with Gasteiger partial charge in [-0.05, 0) is 47.1 Å². The summed E-state index contributed by atoms with van der Waals surface area (Å²) < 4.78 is 20.0. The van der Waals surface area contributed by atoms with E-state index in [4.69, 9.17) is 4.74 Å². The molecule has 0 heterocycles. The van der Waals surface area contributed by atoms with E-state index in [2.05, 4.69) is 4.72 Å². The Hall–Kier alpha value is -1.20. The number of hydrogen-bond acceptors (Lipinski definition) is 3. The first-order valence-corrected chi connectivity index (χ1v) is 8.21. The molecule has 0 aliphatic heterocycles. The number of esters is 1. The topological polar surface area (TPSA) is 55.4 Å². The van der Waals surface area contributed by atoms with E-state index >= 15 is 0 Å². The molecule has 0 amide bonds. The summed E-state index contributed by atoms with van der Waals surface area (Å²) in [6.45, 7) is 11.1. The number of ether oxygens (including phenoxy) is 1. The highest BCUT2D eigenvalue weighted by Gasteiger charge is 2.29. The summed E-state index contributed by atoms with van der Waals surface area (Å²) in [6.07, 6.45) is -0.213. The van der Waals surface area contributed by atoms with Crippen LogP contribution in [0.2, 0.25) is 0 Å². The number of aryl methyl sites for hydroxylation is 1. The molecule has 1 rings (SSSR count). The third-order valence-corrected chi connectivity index (χ3v) is 4.34. The molecule has 21 heavy (non-hydrogen) atoms. The number of carbonyl (C=O) groups is 1. The summed E-state index contributed by atoms with van der Waals surface area (Å²) in [4.78, 5) is 12.3. The van der Waals surface area contributed by atoms with Gasteiger partial charge in [-0.15, -0.1) is 0 Å². The maximum atomic E-state index is 12.3. The normalized spacial score (nSPS) is 14.8.